The average molecular weight is 534 g/mol. The summed E-state index contributed by atoms with van der Waals surface area (Å²) >= 11 is 2.73. The standard InChI is InChI=1S/C30H34N2O2Se/c1-20(2)31-29(34)12-8-5-9-17-32-27-16-14-24(33)19-26(27)21(3)30(32)25-15-13-23(18-28(25)35)22-10-6-4-7-11-22/h4,6-7,10-11,13-16,18-20,33,35H,5,8-9,12,17H2,1-3H3,(H,31,34). The van der Waals surface area contributed by atoms with Gasteiger partial charge in [0, 0.05) is 0 Å². The number of amides is 1. The Balaban J connectivity index is 1.62. The molecule has 0 fully saturated rings. The Morgan fingerprint density at radius 2 is 1.74 bits per heavy atom. The van der Waals surface area contributed by atoms with Crippen LogP contribution in [0.4, 0.5) is 0 Å². The molecule has 4 nitrogen and oxygen atoms in total. The Bertz CT molecular complexity index is 1330. The molecule has 0 aliphatic heterocycles. The normalized spacial score (nSPS) is 11.3. The molecule has 0 atom stereocenters. The van der Waals surface area contributed by atoms with Gasteiger partial charge < -0.3 is 0 Å². The molecule has 0 unspecified atom stereocenters. The van der Waals surface area contributed by atoms with Crippen molar-refractivity contribution in [3.63, 3.8) is 0 Å². The number of nitrogens with one attached hydrogen (secondary N) is 1. The van der Waals surface area contributed by atoms with E-state index < -0.39 is 0 Å². The van der Waals surface area contributed by atoms with Crippen molar-refractivity contribution < 1.29 is 9.90 Å². The zero-order chi connectivity index (χ0) is 24.9. The van der Waals surface area contributed by atoms with Gasteiger partial charge in [-0.05, 0) is 13.8 Å². The predicted octanol–water partition coefficient (Wildman–Crippen LogP) is 5.60. The summed E-state index contributed by atoms with van der Waals surface area (Å²) in [4.78, 5) is 12.0. The predicted molar refractivity (Wildman–Crippen MR) is 148 cm³/mol. The number of phenolic OH excluding ortho intramolecular Hbond substituents is 1. The van der Waals surface area contributed by atoms with E-state index in [1.807, 2.05) is 32.0 Å². The van der Waals surface area contributed by atoms with Gasteiger partial charge in [-0.15, -0.1) is 0 Å². The van der Waals surface area contributed by atoms with E-state index >= 15 is 0 Å². The van der Waals surface area contributed by atoms with Crippen molar-refractivity contribution in [3.05, 3.63) is 72.3 Å². The summed E-state index contributed by atoms with van der Waals surface area (Å²) in [6, 6.07) is 22.9. The quantitative estimate of drug-likeness (QED) is 0.217. The third kappa shape index (κ3) is 5.80. The van der Waals surface area contributed by atoms with Crippen molar-refractivity contribution in [2.24, 2.45) is 0 Å². The molecule has 0 aliphatic rings. The average Bonchev–Trinajstić information content (AvgIpc) is 3.09. The number of aromatic hydroxyl groups is 1. The number of hydrogen-bond donors (Lipinski definition) is 2. The van der Waals surface area contributed by atoms with Gasteiger partial charge in [0.05, 0.1) is 0 Å². The van der Waals surface area contributed by atoms with Crippen molar-refractivity contribution in [1.82, 2.24) is 9.88 Å². The Kier molecular flexibility index (Phi) is 8.00. The van der Waals surface area contributed by atoms with Crippen LogP contribution in [-0.4, -0.2) is 37.6 Å². The van der Waals surface area contributed by atoms with Crippen LogP contribution in [0.5, 0.6) is 5.75 Å². The monoisotopic (exact) mass is 534 g/mol. The van der Waals surface area contributed by atoms with E-state index in [1.165, 1.54) is 32.4 Å². The second-order valence-corrected chi connectivity index (χ2v) is 10.5. The van der Waals surface area contributed by atoms with Crippen LogP contribution < -0.4 is 9.78 Å². The van der Waals surface area contributed by atoms with Gasteiger partial charge in [0.25, 0.3) is 0 Å². The van der Waals surface area contributed by atoms with Crippen LogP contribution in [0, 0.1) is 6.92 Å². The molecule has 1 aromatic heterocycles. The fourth-order valence-electron chi connectivity index (χ4n) is 4.76. The van der Waals surface area contributed by atoms with Crippen LogP contribution in [0.3, 0.4) is 0 Å². The van der Waals surface area contributed by atoms with Crippen molar-refractivity contribution in [3.8, 4) is 28.1 Å². The van der Waals surface area contributed by atoms with Crippen LogP contribution in [-0.2, 0) is 11.3 Å². The second-order valence-electron chi connectivity index (χ2n) is 9.46. The van der Waals surface area contributed by atoms with E-state index in [1.54, 1.807) is 6.07 Å². The molecular weight excluding hydrogens is 499 g/mol. The molecule has 2 N–H and O–H groups in total. The van der Waals surface area contributed by atoms with Gasteiger partial charge in [0.2, 0.25) is 0 Å². The first kappa shape index (κ1) is 25.1. The maximum absolute atomic E-state index is 12.0. The Labute approximate surface area is 216 Å². The Morgan fingerprint density at radius 1 is 0.971 bits per heavy atom. The zero-order valence-electron chi connectivity index (χ0n) is 20.7. The molecule has 0 aliphatic carbocycles. The first-order valence-electron chi connectivity index (χ1n) is 12.3. The van der Waals surface area contributed by atoms with E-state index in [4.69, 9.17) is 0 Å². The van der Waals surface area contributed by atoms with Crippen molar-refractivity contribution >= 4 is 37.3 Å². The van der Waals surface area contributed by atoms with E-state index in [-0.39, 0.29) is 17.7 Å². The molecule has 0 spiro atoms. The van der Waals surface area contributed by atoms with Crippen LogP contribution in [0.15, 0.2) is 66.7 Å². The summed E-state index contributed by atoms with van der Waals surface area (Å²) in [6.07, 6.45) is 3.43. The Hall–Kier alpha value is -3.01. The van der Waals surface area contributed by atoms with E-state index in [0.717, 1.165) is 36.7 Å². The van der Waals surface area contributed by atoms with Gasteiger partial charge in [-0.3, -0.25) is 0 Å². The molecule has 5 heteroatoms. The molecule has 3 aromatic carbocycles. The molecular formula is C30H34N2O2Se. The minimum atomic E-state index is 0.130. The zero-order valence-corrected chi connectivity index (χ0v) is 22.6. The SMILES string of the molecule is Cc1c(-c2ccc(-c3ccccc3)cc2[SeH])n(CCCCCC(=O)NC(C)C)c2ccc(O)cc12. The molecule has 0 radical (unpaired) electrons. The molecule has 182 valence electrons. The van der Waals surface area contributed by atoms with E-state index in [2.05, 4.69) is 75.3 Å². The molecule has 1 amide bonds. The number of carbonyl (C=O) groups excluding carboxylic acids is 1. The van der Waals surface area contributed by atoms with Crippen molar-refractivity contribution in [2.45, 2.75) is 59.0 Å². The van der Waals surface area contributed by atoms with E-state index in [0.29, 0.717) is 6.42 Å². The number of hydrogen-bond acceptors (Lipinski definition) is 2. The summed E-state index contributed by atoms with van der Waals surface area (Å²) in [7, 11) is 0. The summed E-state index contributed by atoms with van der Waals surface area (Å²) in [5.41, 5.74) is 7.09. The molecule has 35 heavy (non-hydrogen) atoms. The molecule has 4 aromatic rings. The van der Waals surface area contributed by atoms with Gasteiger partial charge in [-0.25, -0.2) is 0 Å². The number of fused-ring (bicyclic) bond motifs is 1. The molecule has 0 saturated carbocycles. The van der Waals surface area contributed by atoms with Crippen molar-refractivity contribution in [1.29, 1.82) is 0 Å². The number of carbonyl (C=O) groups is 1. The topological polar surface area (TPSA) is 54.3 Å². The first-order chi connectivity index (χ1) is 16.8. The second kappa shape index (κ2) is 11.2. The Morgan fingerprint density at radius 3 is 2.46 bits per heavy atom. The number of aromatic nitrogens is 1. The number of aryl methyl sites for hydroxylation is 2. The van der Waals surface area contributed by atoms with E-state index in [9.17, 15) is 9.90 Å². The van der Waals surface area contributed by atoms with Crippen LogP contribution in [0.25, 0.3) is 33.3 Å². The minimum absolute atomic E-state index is 0.130. The third-order valence-corrected chi connectivity index (χ3v) is 7.17. The van der Waals surface area contributed by atoms with Gasteiger partial charge in [-0.1, -0.05) is 0 Å². The molecule has 4 rings (SSSR count). The first-order valence-corrected chi connectivity index (χ1v) is 13.3. The molecule has 1 heterocycles. The summed E-state index contributed by atoms with van der Waals surface area (Å²) in [6.45, 7) is 6.98. The third-order valence-electron chi connectivity index (χ3n) is 6.40. The summed E-state index contributed by atoms with van der Waals surface area (Å²) < 4.78 is 3.55. The fourth-order valence-corrected chi connectivity index (χ4v) is 5.43. The maximum atomic E-state index is 12.0. The van der Waals surface area contributed by atoms with Gasteiger partial charge >= 0.3 is 203 Å². The number of benzene rings is 3. The molecule has 0 saturated heterocycles. The number of nitrogens with zero attached hydrogens (tertiary/aromatic N) is 1. The fraction of sp³-hybridized carbons (Fsp3) is 0.300. The number of unbranched alkanes of at least 4 members (excludes halogenated alkanes) is 2. The number of phenols is 1. The van der Waals surface area contributed by atoms with Crippen LogP contribution in [0.2, 0.25) is 0 Å². The van der Waals surface area contributed by atoms with Gasteiger partial charge in [0.1, 0.15) is 0 Å². The number of rotatable bonds is 9. The van der Waals surface area contributed by atoms with Gasteiger partial charge in [0.15, 0.2) is 0 Å². The van der Waals surface area contributed by atoms with Crippen molar-refractivity contribution in [2.75, 3.05) is 0 Å². The summed E-state index contributed by atoms with van der Waals surface area (Å²) in [5, 5.41) is 14.2. The summed E-state index contributed by atoms with van der Waals surface area (Å²) in [5.74, 6) is 0.415. The molecule has 0 bridgehead atoms. The van der Waals surface area contributed by atoms with Crippen LogP contribution in [0.1, 0.15) is 45.1 Å². The van der Waals surface area contributed by atoms with Crippen LogP contribution >= 0.6 is 0 Å². The van der Waals surface area contributed by atoms with Gasteiger partial charge in [-0.2, -0.15) is 0 Å².